The van der Waals surface area contributed by atoms with E-state index in [0.717, 1.165) is 24.2 Å². The Hall–Kier alpha value is -2.92. The Morgan fingerprint density at radius 3 is 2.41 bits per heavy atom. The molecule has 5 heteroatoms. The van der Waals surface area contributed by atoms with Crippen LogP contribution >= 0.6 is 0 Å². The zero-order valence-electron chi connectivity index (χ0n) is 16.1. The summed E-state index contributed by atoms with van der Waals surface area (Å²) in [5.41, 5.74) is 4.42. The van der Waals surface area contributed by atoms with Crippen LogP contribution in [0.5, 0.6) is 0 Å². The van der Waals surface area contributed by atoms with Gasteiger partial charge in [-0.1, -0.05) is 49.4 Å². The number of aromatic nitrogens is 2. The molecule has 1 heterocycles. The Labute approximate surface area is 160 Å². The molecule has 3 aromatic rings. The zero-order chi connectivity index (χ0) is 19.2. The standard InChI is InChI=1S/C22H26N4O/c1-4-17-10-12-18(13-11-17)21-20(22(27)23-14-15-25(2)3)16-26(24-21)19-8-6-5-7-9-19/h5-13,16H,4,14-15H2,1-3H3,(H,23,27). The molecule has 5 nitrogen and oxygen atoms in total. The molecule has 0 unspecified atom stereocenters. The van der Waals surface area contributed by atoms with Crippen molar-refractivity contribution in [2.45, 2.75) is 13.3 Å². The number of nitrogens with one attached hydrogen (secondary N) is 1. The smallest absolute Gasteiger partial charge is 0.255 e. The molecule has 1 aromatic heterocycles. The minimum absolute atomic E-state index is 0.103. The van der Waals surface area contributed by atoms with E-state index in [9.17, 15) is 4.79 Å². The first-order valence-corrected chi connectivity index (χ1v) is 9.26. The number of rotatable bonds is 7. The van der Waals surface area contributed by atoms with Gasteiger partial charge in [0.25, 0.3) is 5.91 Å². The molecule has 0 atom stereocenters. The monoisotopic (exact) mass is 362 g/mol. The average molecular weight is 362 g/mol. The quantitative estimate of drug-likeness (QED) is 0.701. The third kappa shape index (κ3) is 4.63. The van der Waals surface area contributed by atoms with Crippen LogP contribution in [0, 0.1) is 0 Å². The van der Waals surface area contributed by atoms with Gasteiger partial charge in [0.2, 0.25) is 0 Å². The van der Waals surface area contributed by atoms with E-state index in [4.69, 9.17) is 5.10 Å². The van der Waals surface area contributed by atoms with Crippen molar-refractivity contribution in [2.75, 3.05) is 27.2 Å². The molecule has 3 rings (SSSR count). The Balaban J connectivity index is 1.96. The van der Waals surface area contributed by atoms with Crippen LogP contribution in [0.4, 0.5) is 0 Å². The number of aryl methyl sites for hydroxylation is 1. The molecule has 0 bridgehead atoms. The van der Waals surface area contributed by atoms with Gasteiger partial charge in [-0.15, -0.1) is 0 Å². The number of hydrogen-bond donors (Lipinski definition) is 1. The molecule has 27 heavy (non-hydrogen) atoms. The van der Waals surface area contributed by atoms with Crippen LogP contribution in [0.15, 0.2) is 60.8 Å². The van der Waals surface area contributed by atoms with Gasteiger partial charge in [0.15, 0.2) is 0 Å². The number of carbonyl (C=O) groups is 1. The summed E-state index contributed by atoms with van der Waals surface area (Å²) in [6.45, 7) is 3.51. The van der Waals surface area contributed by atoms with Gasteiger partial charge < -0.3 is 10.2 Å². The fourth-order valence-electron chi connectivity index (χ4n) is 2.85. The highest BCUT2D eigenvalue weighted by Crippen LogP contribution is 2.24. The van der Waals surface area contributed by atoms with E-state index >= 15 is 0 Å². The number of hydrogen-bond acceptors (Lipinski definition) is 3. The van der Waals surface area contributed by atoms with Gasteiger partial charge in [0.05, 0.1) is 11.3 Å². The molecule has 0 fully saturated rings. The van der Waals surface area contributed by atoms with Crippen molar-refractivity contribution in [1.82, 2.24) is 20.0 Å². The number of para-hydroxylation sites is 1. The van der Waals surface area contributed by atoms with E-state index in [2.05, 4.69) is 24.4 Å². The molecule has 0 saturated heterocycles. The molecule has 0 aliphatic carbocycles. The molecule has 0 radical (unpaired) electrons. The van der Waals surface area contributed by atoms with E-state index < -0.39 is 0 Å². The molecule has 0 aliphatic heterocycles. The van der Waals surface area contributed by atoms with Crippen LogP contribution in [-0.4, -0.2) is 47.8 Å². The fraction of sp³-hybridized carbons (Fsp3) is 0.273. The van der Waals surface area contributed by atoms with Gasteiger partial charge in [0, 0.05) is 24.8 Å². The summed E-state index contributed by atoms with van der Waals surface area (Å²) >= 11 is 0. The van der Waals surface area contributed by atoms with Crippen molar-refractivity contribution in [3.63, 3.8) is 0 Å². The molecule has 0 saturated carbocycles. The molecule has 2 aromatic carbocycles. The van der Waals surface area contributed by atoms with E-state index in [1.165, 1.54) is 5.56 Å². The van der Waals surface area contributed by atoms with Crippen molar-refractivity contribution in [3.8, 4) is 16.9 Å². The number of likely N-dealkylation sites (N-methyl/N-ethyl adjacent to an activating group) is 1. The highest BCUT2D eigenvalue weighted by atomic mass is 16.1. The van der Waals surface area contributed by atoms with Crippen molar-refractivity contribution in [2.24, 2.45) is 0 Å². The van der Waals surface area contributed by atoms with Crippen molar-refractivity contribution < 1.29 is 4.79 Å². The largest absolute Gasteiger partial charge is 0.351 e. The lowest BCUT2D eigenvalue weighted by molar-refractivity contribution is 0.0951. The Kier molecular flexibility index (Phi) is 6.04. The number of carbonyl (C=O) groups excluding carboxylic acids is 1. The van der Waals surface area contributed by atoms with Crippen LogP contribution in [0.3, 0.4) is 0 Å². The summed E-state index contributed by atoms with van der Waals surface area (Å²) in [7, 11) is 3.97. The number of nitrogens with zero attached hydrogens (tertiary/aromatic N) is 3. The van der Waals surface area contributed by atoms with Crippen LogP contribution in [0.2, 0.25) is 0 Å². The normalized spacial score (nSPS) is 11.0. The number of benzene rings is 2. The third-order valence-electron chi connectivity index (χ3n) is 4.46. The lowest BCUT2D eigenvalue weighted by Crippen LogP contribution is -2.31. The lowest BCUT2D eigenvalue weighted by atomic mass is 10.0. The molecule has 1 N–H and O–H groups in total. The van der Waals surface area contributed by atoms with Gasteiger partial charge in [-0.3, -0.25) is 4.79 Å². The molecular formula is C22H26N4O. The maximum Gasteiger partial charge on any atom is 0.255 e. The Morgan fingerprint density at radius 1 is 1.07 bits per heavy atom. The van der Waals surface area contributed by atoms with E-state index in [1.54, 1.807) is 4.68 Å². The van der Waals surface area contributed by atoms with E-state index in [-0.39, 0.29) is 5.91 Å². The fourth-order valence-corrected chi connectivity index (χ4v) is 2.85. The highest BCUT2D eigenvalue weighted by molar-refractivity contribution is 5.99. The first kappa shape index (κ1) is 18.9. The van der Waals surface area contributed by atoms with Gasteiger partial charge in [0.1, 0.15) is 5.69 Å². The SMILES string of the molecule is CCc1ccc(-c2nn(-c3ccccc3)cc2C(=O)NCCN(C)C)cc1. The second-order valence-electron chi connectivity index (χ2n) is 6.78. The predicted molar refractivity (Wildman–Crippen MR) is 109 cm³/mol. The van der Waals surface area contributed by atoms with Crippen molar-refractivity contribution in [3.05, 3.63) is 71.9 Å². The minimum Gasteiger partial charge on any atom is -0.351 e. The summed E-state index contributed by atoms with van der Waals surface area (Å²) in [6, 6.07) is 18.1. The first-order chi connectivity index (χ1) is 13.1. The average Bonchev–Trinajstić information content (AvgIpc) is 3.14. The summed E-state index contributed by atoms with van der Waals surface area (Å²) in [5.74, 6) is -0.103. The zero-order valence-corrected chi connectivity index (χ0v) is 16.1. The lowest BCUT2D eigenvalue weighted by Gasteiger charge is -2.10. The number of amides is 1. The van der Waals surface area contributed by atoms with Crippen LogP contribution in [0.25, 0.3) is 16.9 Å². The van der Waals surface area contributed by atoms with E-state index in [1.807, 2.05) is 67.7 Å². The van der Waals surface area contributed by atoms with Crippen LogP contribution < -0.4 is 5.32 Å². The second kappa shape index (κ2) is 8.64. The Morgan fingerprint density at radius 2 is 1.78 bits per heavy atom. The first-order valence-electron chi connectivity index (χ1n) is 9.26. The maximum atomic E-state index is 12.8. The summed E-state index contributed by atoms with van der Waals surface area (Å²) < 4.78 is 1.77. The molecular weight excluding hydrogens is 336 g/mol. The van der Waals surface area contributed by atoms with Crippen molar-refractivity contribution >= 4 is 5.91 Å². The molecule has 0 aliphatic rings. The van der Waals surface area contributed by atoms with E-state index in [0.29, 0.717) is 17.8 Å². The third-order valence-corrected chi connectivity index (χ3v) is 4.46. The maximum absolute atomic E-state index is 12.8. The minimum atomic E-state index is -0.103. The van der Waals surface area contributed by atoms with Crippen LogP contribution in [0.1, 0.15) is 22.8 Å². The second-order valence-corrected chi connectivity index (χ2v) is 6.78. The van der Waals surface area contributed by atoms with Crippen LogP contribution in [-0.2, 0) is 6.42 Å². The van der Waals surface area contributed by atoms with Gasteiger partial charge in [-0.25, -0.2) is 4.68 Å². The van der Waals surface area contributed by atoms with Crippen molar-refractivity contribution in [1.29, 1.82) is 0 Å². The summed E-state index contributed by atoms with van der Waals surface area (Å²) in [6.07, 6.45) is 2.79. The molecule has 0 spiro atoms. The topological polar surface area (TPSA) is 50.2 Å². The van der Waals surface area contributed by atoms with Gasteiger partial charge in [-0.2, -0.15) is 5.10 Å². The highest BCUT2D eigenvalue weighted by Gasteiger charge is 2.18. The molecule has 140 valence electrons. The Bertz CT molecular complexity index is 882. The summed E-state index contributed by atoms with van der Waals surface area (Å²) in [4.78, 5) is 14.8. The van der Waals surface area contributed by atoms with Gasteiger partial charge in [-0.05, 0) is 38.2 Å². The summed E-state index contributed by atoms with van der Waals surface area (Å²) in [5, 5.41) is 7.71. The molecule has 1 amide bonds. The predicted octanol–water partition coefficient (Wildman–Crippen LogP) is 3.39. The van der Waals surface area contributed by atoms with Gasteiger partial charge >= 0.3 is 0 Å².